The summed E-state index contributed by atoms with van der Waals surface area (Å²) in [4.78, 5) is 23.5. The number of urea groups is 1. The van der Waals surface area contributed by atoms with E-state index in [0.717, 1.165) is 5.56 Å². The Bertz CT molecular complexity index is 788. The maximum atomic E-state index is 13.3. The Hall–Kier alpha value is -2.74. The molecular formula is C19H22FN3O3S. The fourth-order valence-electron chi connectivity index (χ4n) is 2.39. The minimum atomic E-state index is -0.744. The Morgan fingerprint density at radius 2 is 2.00 bits per heavy atom. The van der Waals surface area contributed by atoms with Crippen LogP contribution in [0, 0.1) is 5.82 Å². The van der Waals surface area contributed by atoms with Crippen molar-refractivity contribution in [1.82, 2.24) is 10.6 Å². The zero-order chi connectivity index (χ0) is 19.6. The predicted molar refractivity (Wildman–Crippen MR) is 104 cm³/mol. The Labute approximate surface area is 161 Å². The smallest absolute Gasteiger partial charge is 0.312 e. The molecule has 8 heteroatoms. The van der Waals surface area contributed by atoms with Crippen molar-refractivity contribution in [3.05, 3.63) is 59.9 Å². The third kappa shape index (κ3) is 6.82. The summed E-state index contributed by atoms with van der Waals surface area (Å²) in [6.07, 6.45) is 2.39. The fourth-order valence-corrected chi connectivity index (χ4v) is 2.86. The van der Waals surface area contributed by atoms with Crippen molar-refractivity contribution in [2.75, 3.05) is 12.0 Å². The number of carbonyl (C=O) groups is 2. The van der Waals surface area contributed by atoms with Crippen molar-refractivity contribution in [1.29, 1.82) is 0 Å². The molecule has 0 fully saturated rings. The monoisotopic (exact) mass is 391 g/mol. The van der Waals surface area contributed by atoms with Gasteiger partial charge in [-0.15, -0.1) is 0 Å². The average Bonchev–Trinajstić information content (AvgIpc) is 2.64. The van der Waals surface area contributed by atoms with Crippen molar-refractivity contribution in [3.63, 3.8) is 0 Å². The lowest BCUT2D eigenvalue weighted by Crippen LogP contribution is -2.48. The quantitative estimate of drug-likeness (QED) is 0.613. The van der Waals surface area contributed by atoms with Crippen LogP contribution in [0.15, 0.2) is 48.5 Å². The Balaban J connectivity index is 2.04. The Kier molecular flexibility index (Phi) is 7.94. The molecule has 1 atom stereocenters. The number of nitrogens with two attached hydrogens (primary N) is 1. The molecule has 2 aromatic carbocycles. The molecule has 0 heterocycles. The summed E-state index contributed by atoms with van der Waals surface area (Å²) < 4.78 is 19.1. The highest BCUT2D eigenvalue weighted by atomic mass is 32.2. The third-order valence-corrected chi connectivity index (χ3v) is 4.34. The van der Waals surface area contributed by atoms with Gasteiger partial charge in [-0.2, -0.15) is 11.8 Å². The van der Waals surface area contributed by atoms with E-state index in [9.17, 15) is 14.0 Å². The number of rotatable bonds is 9. The van der Waals surface area contributed by atoms with Crippen LogP contribution < -0.4 is 21.1 Å². The lowest BCUT2D eigenvalue weighted by Gasteiger charge is -2.18. The highest BCUT2D eigenvalue weighted by molar-refractivity contribution is 7.98. The lowest BCUT2D eigenvalue weighted by molar-refractivity contribution is -0.123. The fraction of sp³-hybridized carbons (Fsp3) is 0.263. The predicted octanol–water partition coefficient (Wildman–Crippen LogP) is 3.02. The second kappa shape index (κ2) is 10.4. The maximum Gasteiger partial charge on any atom is 0.312 e. The molecule has 0 aliphatic rings. The molecule has 144 valence electrons. The van der Waals surface area contributed by atoms with Gasteiger partial charge in [-0.1, -0.05) is 24.3 Å². The van der Waals surface area contributed by atoms with E-state index >= 15 is 0 Å². The number of amides is 3. The summed E-state index contributed by atoms with van der Waals surface area (Å²) >= 11 is 1.57. The zero-order valence-electron chi connectivity index (χ0n) is 14.9. The van der Waals surface area contributed by atoms with Crippen molar-refractivity contribution in [2.24, 2.45) is 5.73 Å². The Morgan fingerprint density at radius 1 is 1.22 bits per heavy atom. The van der Waals surface area contributed by atoms with E-state index < -0.39 is 17.9 Å². The number of benzene rings is 2. The molecule has 0 unspecified atom stereocenters. The molecule has 27 heavy (non-hydrogen) atoms. The molecule has 3 amide bonds. The topological polar surface area (TPSA) is 93.5 Å². The molecule has 0 aliphatic carbocycles. The maximum absolute atomic E-state index is 13.3. The van der Waals surface area contributed by atoms with Gasteiger partial charge in [0.05, 0.1) is 0 Å². The number of para-hydroxylation sites is 1. The molecule has 4 N–H and O–H groups in total. The van der Waals surface area contributed by atoms with Gasteiger partial charge in [0.1, 0.15) is 23.4 Å². The first kappa shape index (κ1) is 20.6. The van der Waals surface area contributed by atoms with Crippen LogP contribution in [0.1, 0.15) is 12.0 Å². The molecule has 2 rings (SSSR count). The van der Waals surface area contributed by atoms with E-state index in [0.29, 0.717) is 23.7 Å². The highest BCUT2D eigenvalue weighted by Gasteiger charge is 2.19. The van der Waals surface area contributed by atoms with Crippen LogP contribution in [0.5, 0.6) is 11.5 Å². The molecular weight excluding hydrogens is 369 g/mol. The van der Waals surface area contributed by atoms with Gasteiger partial charge in [-0.05, 0) is 36.6 Å². The Morgan fingerprint density at radius 3 is 2.70 bits per heavy atom. The van der Waals surface area contributed by atoms with Crippen LogP contribution in [-0.4, -0.2) is 30.0 Å². The molecule has 0 saturated carbocycles. The van der Waals surface area contributed by atoms with Gasteiger partial charge < -0.3 is 21.1 Å². The van der Waals surface area contributed by atoms with Crippen molar-refractivity contribution in [3.8, 4) is 11.5 Å². The van der Waals surface area contributed by atoms with E-state index in [1.54, 1.807) is 42.1 Å². The number of hydrogen-bond donors (Lipinski definition) is 3. The molecule has 0 radical (unpaired) electrons. The van der Waals surface area contributed by atoms with Crippen molar-refractivity contribution in [2.45, 2.75) is 19.0 Å². The molecule has 2 aromatic rings. The van der Waals surface area contributed by atoms with E-state index in [2.05, 4.69) is 10.6 Å². The lowest BCUT2D eigenvalue weighted by atomic mass is 10.1. The van der Waals surface area contributed by atoms with Gasteiger partial charge in [0.25, 0.3) is 0 Å². The van der Waals surface area contributed by atoms with Crippen LogP contribution in [0.4, 0.5) is 9.18 Å². The molecule has 0 spiro atoms. The molecule has 0 saturated heterocycles. The number of halogens is 1. The highest BCUT2D eigenvalue weighted by Crippen LogP contribution is 2.25. The number of thioether (sulfide) groups is 1. The van der Waals surface area contributed by atoms with E-state index in [1.807, 2.05) is 12.3 Å². The minimum Gasteiger partial charge on any atom is -0.457 e. The van der Waals surface area contributed by atoms with Crippen LogP contribution >= 0.6 is 11.8 Å². The first-order valence-electron chi connectivity index (χ1n) is 8.33. The van der Waals surface area contributed by atoms with Crippen LogP contribution in [0.2, 0.25) is 0 Å². The first-order chi connectivity index (χ1) is 13.0. The van der Waals surface area contributed by atoms with Crippen LogP contribution in [0.25, 0.3) is 0 Å². The average molecular weight is 391 g/mol. The molecule has 0 aliphatic heterocycles. The van der Waals surface area contributed by atoms with Gasteiger partial charge in [-0.25, -0.2) is 9.18 Å². The van der Waals surface area contributed by atoms with Crippen molar-refractivity contribution < 1.29 is 18.7 Å². The SMILES string of the molecule is CSCC[C@H](NC(N)=O)C(=O)NCc1ccccc1Oc1cccc(F)c1. The third-order valence-electron chi connectivity index (χ3n) is 3.69. The van der Waals surface area contributed by atoms with E-state index in [1.165, 1.54) is 12.1 Å². The number of carbonyl (C=O) groups excluding carboxylic acids is 2. The molecule has 6 nitrogen and oxygen atoms in total. The normalized spacial score (nSPS) is 11.5. The van der Waals surface area contributed by atoms with Gasteiger partial charge in [0, 0.05) is 18.2 Å². The summed E-state index contributed by atoms with van der Waals surface area (Å²) in [5, 5.41) is 5.23. The zero-order valence-corrected chi connectivity index (χ0v) is 15.7. The van der Waals surface area contributed by atoms with Gasteiger partial charge in [-0.3, -0.25) is 4.79 Å². The summed E-state index contributed by atoms with van der Waals surface area (Å²) in [6, 6.07) is 11.5. The van der Waals surface area contributed by atoms with Crippen molar-refractivity contribution >= 4 is 23.7 Å². The molecule has 0 aromatic heterocycles. The first-order valence-corrected chi connectivity index (χ1v) is 9.73. The van der Waals surface area contributed by atoms with E-state index in [4.69, 9.17) is 10.5 Å². The van der Waals surface area contributed by atoms with Gasteiger partial charge in [0.15, 0.2) is 0 Å². The molecule has 0 bridgehead atoms. The van der Waals surface area contributed by atoms with Crippen LogP contribution in [-0.2, 0) is 11.3 Å². The summed E-state index contributed by atoms with van der Waals surface area (Å²) in [7, 11) is 0. The summed E-state index contributed by atoms with van der Waals surface area (Å²) in [5.74, 6) is 0.849. The number of nitrogens with one attached hydrogen (secondary N) is 2. The summed E-state index contributed by atoms with van der Waals surface area (Å²) in [5.41, 5.74) is 5.87. The second-order valence-corrected chi connectivity index (χ2v) is 6.71. The number of hydrogen-bond acceptors (Lipinski definition) is 4. The second-order valence-electron chi connectivity index (χ2n) is 5.73. The van der Waals surface area contributed by atoms with Gasteiger partial charge >= 0.3 is 6.03 Å². The van der Waals surface area contributed by atoms with Crippen LogP contribution in [0.3, 0.4) is 0 Å². The van der Waals surface area contributed by atoms with E-state index in [-0.39, 0.29) is 12.5 Å². The van der Waals surface area contributed by atoms with Gasteiger partial charge in [0.2, 0.25) is 5.91 Å². The minimum absolute atomic E-state index is 0.195. The standard InChI is InChI=1S/C19H22FN3O3S/c1-27-10-9-16(23-19(21)25)18(24)22-12-13-5-2-3-8-17(13)26-15-7-4-6-14(20)11-15/h2-8,11,16H,9-10,12H2,1H3,(H,22,24)(H3,21,23,25)/t16-/m0/s1. The largest absolute Gasteiger partial charge is 0.457 e. The number of primary amides is 1. The number of ether oxygens (including phenoxy) is 1. The summed E-state index contributed by atoms with van der Waals surface area (Å²) in [6.45, 7) is 0.195.